The lowest BCUT2D eigenvalue weighted by molar-refractivity contribution is -0.131. The van der Waals surface area contributed by atoms with E-state index in [0.717, 1.165) is 22.9 Å². The van der Waals surface area contributed by atoms with E-state index in [1.54, 1.807) is 18.2 Å². The van der Waals surface area contributed by atoms with Crippen molar-refractivity contribution in [1.82, 2.24) is 0 Å². The lowest BCUT2D eigenvalue weighted by atomic mass is 10.1. The summed E-state index contributed by atoms with van der Waals surface area (Å²) in [6.45, 7) is 0.671. The number of carboxylic acid groups (broad SMARTS) is 1. The zero-order valence-corrected chi connectivity index (χ0v) is 11.7. The minimum absolute atomic E-state index is 0.240. The molecule has 0 aliphatic rings. The number of rotatable bonds is 5. The molecule has 0 heterocycles. The molecule has 0 aromatic heterocycles. The van der Waals surface area contributed by atoms with Gasteiger partial charge in [-0.1, -0.05) is 24.3 Å². The third-order valence-electron chi connectivity index (χ3n) is 3.09. The highest BCUT2D eigenvalue weighted by Crippen LogP contribution is 2.17. The maximum atomic E-state index is 12.9. The van der Waals surface area contributed by atoms with Crippen molar-refractivity contribution < 1.29 is 14.3 Å². The van der Waals surface area contributed by atoms with E-state index >= 15 is 0 Å². The highest BCUT2D eigenvalue weighted by atomic mass is 19.1. The lowest BCUT2D eigenvalue weighted by Gasteiger charge is -2.19. The molecule has 0 radical (unpaired) electrons. The summed E-state index contributed by atoms with van der Waals surface area (Å²) in [6.07, 6.45) is 2.66. The highest BCUT2D eigenvalue weighted by molar-refractivity contribution is 5.85. The van der Waals surface area contributed by atoms with Gasteiger partial charge in [-0.05, 0) is 41.5 Å². The van der Waals surface area contributed by atoms with E-state index in [2.05, 4.69) is 0 Å². The standard InChI is InChI=1S/C17H16FNO2/c1-19(12-14-2-7-15(18)8-3-14)16-9-4-13(5-10-16)6-11-17(20)21/h2-11H,12H2,1H3,(H,20,21). The maximum Gasteiger partial charge on any atom is 0.328 e. The first kappa shape index (κ1) is 14.8. The summed E-state index contributed by atoms with van der Waals surface area (Å²) in [5.74, 6) is -1.21. The van der Waals surface area contributed by atoms with E-state index in [9.17, 15) is 9.18 Å². The Labute approximate surface area is 123 Å². The molecule has 0 amide bonds. The first-order chi connectivity index (χ1) is 10.0. The monoisotopic (exact) mass is 285 g/mol. The van der Waals surface area contributed by atoms with E-state index in [0.29, 0.717) is 6.54 Å². The van der Waals surface area contributed by atoms with Gasteiger partial charge in [0.1, 0.15) is 5.82 Å². The largest absolute Gasteiger partial charge is 0.478 e. The molecule has 21 heavy (non-hydrogen) atoms. The van der Waals surface area contributed by atoms with Crippen LogP contribution in [0.2, 0.25) is 0 Å². The minimum Gasteiger partial charge on any atom is -0.478 e. The Morgan fingerprint density at radius 2 is 1.76 bits per heavy atom. The number of carboxylic acids is 1. The molecule has 0 spiro atoms. The van der Waals surface area contributed by atoms with Gasteiger partial charge in [0.15, 0.2) is 0 Å². The fourth-order valence-electron chi connectivity index (χ4n) is 1.96. The maximum absolute atomic E-state index is 12.9. The summed E-state index contributed by atoms with van der Waals surface area (Å²) in [7, 11) is 1.95. The molecule has 2 aromatic carbocycles. The quantitative estimate of drug-likeness (QED) is 0.854. The molecule has 0 atom stereocenters. The van der Waals surface area contributed by atoms with Gasteiger partial charge in [0, 0.05) is 25.4 Å². The highest BCUT2D eigenvalue weighted by Gasteiger charge is 2.02. The van der Waals surface area contributed by atoms with Crippen LogP contribution in [0.1, 0.15) is 11.1 Å². The Morgan fingerprint density at radius 1 is 1.14 bits per heavy atom. The van der Waals surface area contributed by atoms with Gasteiger partial charge in [-0.3, -0.25) is 0 Å². The molecule has 4 heteroatoms. The number of anilines is 1. The van der Waals surface area contributed by atoms with Crippen molar-refractivity contribution in [2.45, 2.75) is 6.54 Å². The molecule has 2 aromatic rings. The number of carbonyl (C=O) groups is 1. The Hall–Kier alpha value is -2.62. The molecule has 0 fully saturated rings. The molecule has 2 rings (SSSR count). The molecule has 0 aliphatic heterocycles. The van der Waals surface area contributed by atoms with Crippen molar-refractivity contribution in [1.29, 1.82) is 0 Å². The second kappa shape index (κ2) is 6.70. The predicted molar refractivity (Wildman–Crippen MR) is 81.6 cm³/mol. The van der Waals surface area contributed by atoms with Crippen LogP contribution in [-0.2, 0) is 11.3 Å². The summed E-state index contributed by atoms with van der Waals surface area (Å²) in [4.78, 5) is 12.5. The number of halogens is 1. The van der Waals surface area contributed by atoms with Gasteiger partial charge in [0.05, 0.1) is 0 Å². The number of nitrogens with zero attached hydrogens (tertiary/aromatic N) is 1. The Kier molecular flexibility index (Phi) is 4.72. The van der Waals surface area contributed by atoms with E-state index < -0.39 is 5.97 Å². The predicted octanol–water partition coefficient (Wildman–Crippen LogP) is 3.56. The zero-order valence-electron chi connectivity index (χ0n) is 11.7. The minimum atomic E-state index is -0.965. The van der Waals surface area contributed by atoms with Gasteiger partial charge >= 0.3 is 5.97 Å². The third-order valence-corrected chi connectivity index (χ3v) is 3.09. The summed E-state index contributed by atoms with van der Waals surface area (Å²) in [5.41, 5.74) is 2.86. The van der Waals surface area contributed by atoms with Crippen LogP contribution < -0.4 is 4.90 Å². The van der Waals surface area contributed by atoms with Crippen LogP contribution in [0.15, 0.2) is 54.6 Å². The summed E-state index contributed by atoms with van der Waals surface area (Å²) in [6, 6.07) is 14.0. The van der Waals surface area contributed by atoms with Crippen LogP contribution in [0.5, 0.6) is 0 Å². The second-order valence-corrected chi connectivity index (χ2v) is 4.75. The number of hydrogen-bond acceptors (Lipinski definition) is 2. The van der Waals surface area contributed by atoms with Crippen LogP contribution in [-0.4, -0.2) is 18.1 Å². The molecule has 0 bridgehead atoms. The molecular weight excluding hydrogens is 269 g/mol. The molecule has 1 N–H and O–H groups in total. The average molecular weight is 285 g/mol. The van der Waals surface area contributed by atoms with E-state index in [1.165, 1.54) is 12.1 Å². The summed E-state index contributed by atoms with van der Waals surface area (Å²) < 4.78 is 12.9. The Balaban J connectivity index is 2.04. The van der Waals surface area contributed by atoms with Gasteiger partial charge in [-0.25, -0.2) is 9.18 Å². The fourth-order valence-corrected chi connectivity index (χ4v) is 1.96. The SMILES string of the molecule is CN(Cc1ccc(F)cc1)c1ccc(C=CC(=O)O)cc1. The van der Waals surface area contributed by atoms with Gasteiger partial charge in [-0.2, -0.15) is 0 Å². The van der Waals surface area contributed by atoms with Crippen molar-refractivity contribution in [2.75, 3.05) is 11.9 Å². The van der Waals surface area contributed by atoms with Gasteiger partial charge in [-0.15, -0.1) is 0 Å². The number of benzene rings is 2. The molecule has 0 saturated carbocycles. The van der Waals surface area contributed by atoms with Crippen LogP contribution in [0.4, 0.5) is 10.1 Å². The number of hydrogen-bond donors (Lipinski definition) is 1. The Morgan fingerprint density at radius 3 is 2.33 bits per heavy atom. The Bertz CT molecular complexity index is 633. The summed E-state index contributed by atoms with van der Waals surface area (Å²) >= 11 is 0. The van der Waals surface area contributed by atoms with E-state index in [-0.39, 0.29) is 5.82 Å². The summed E-state index contributed by atoms with van der Waals surface area (Å²) in [5, 5.41) is 8.58. The lowest BCUT2D eigenvalue weighted by Crippen LogP contribution is -2.16. The number of aliphatic carboxylic acids is 1. The van der Waals surface area contributed by atoms with Crippen molar-refractivity contribution in [3.8, 4) is 0 Å². The first-order valence-electron chi connectivity index (χ1n) is 6.51. The third kappa shape index (κ3) is 4.45. The van der Waals surface area contributed by atoms with E-state index in [4.69, 9.17) is 5.11 Å². The van der Waals surface area contributed by atoms with Crippen LogP contribution in [0, 0.1) is 5.82 Å². The zero-order chi connectivity index (χ0) is 15.2. The van der Waals surface area contributed by atoms with Crippen molar-refractivity contribution >= 4 is 17.7 Å². The normalized spacial score (nSPS) is 10.8. The molecule has 0 aliphatic carbocycles. The molecule has 0 unspecified atom stereocenters. The second-order valence-electron chi connectivity index (χ2n) is 4.75. The van der Waals surface area contributed by atoms with Crippen molar-refractivity contribution in [2.24, 2.45) is 0 Å². The molecule has 0 saturated heterocycles. The molecule has 3 nitrogen and oxygen atoms in total. The smallest absolute Gasteiger partial charge is 0.328 e. The average Bonchev–Trinajstić information content (AvgIpc) is 2.48. The van der Waals surface area contributed by atoms with Gasteiger partial charge in [0.25, 0.3) is 0 Å². The van der Waals surface area contributed by atoms with Gasteiger partial charge in [0.2, 0.25) is 0 Å². The van der Waals surface area contributed by atoms with Crippen LogP contribution in [0.3, 0.4) is 0 Å². The fraction of sp³-hybridized carbons (Fsp3) is 0.118. The van der Waals surface area contributed by atoms with Gasteiger partial charge < -0.3 is 10.0 Å². The molecule has 108 valence electrons. The van der Waals surface area contributed by atoms with Crippen LogP contribution >= 0.6 is 0 Å². The van der Waals surface area contributed by atoms with E-state index in [1.807, 2.05) is 36.2 Å². The topological polar surface area (TPSA) is 40.5 Å². The van der Waals surface area contributed by atoms with Crippen molar-refractivity contribution in [3.63, 3.8) is 0 Å². The van der Waals surface area contributed by atoms with Crippen molar-refractivity contribution in [3.05, 3.63) is 71.6 Å². The first-order valence-corrected chi connectivity index (χ1v) is 6.51. The molecular formula is C17H16FNO2. The van der Waals surface area contributed by atoms with Crippen LogP contribution in [0.25, 0.3) is 6.08 Å².